The van der Waals surface area contributed by atoms with Crippen molar-refractivity contribution < 1.29 is 9.53 Å². The molecule has 0 spiro atoms. The zero-order valence-electron chi connectivity index (χ0n) is 13.4. The molecule has 1 saturated heterocycles. The summed E-state index contributed by atoms with van der Waals surface area (Å²) >= 11 is 1.67. The summed E-state index contributed by atoms with van der Waals surface area (Å²) in [6.07, 6.45) is 4.03. The van der Waals surface area contributed by atoms with Crippen LogP contribution in [0.25, 0.3) is 0 Å². The zero-order valence-corrected chi connectivity index (χ0v) is 14.2. The van der Waals surface area contributed by atoms with E-state index in [2.05, 4.69) is 15.6 Å². The maximum Gasteiger partial charge on any atom is 0.319 e. The quantitative estimate of drug-likeness (QED) is 0.786. The fourth-order valence-corrected chi connectivity index (χ4v) is 3.32. The van der Waals surface area contributed by atoms with Crippen LogP contribution in [0, 0.1) is 0 Å². The van der Waals surface area contributed by atoms with Crippen molar-refractivity contribution in [3.8, 4) is 0 Å². The average Bonchev–Trinajstić information content (AvgIpc) is 3.13. The van der Waals surface area contributed by atoms with E-state index in [1.165, 1.54) is 0 Å². The number of urea groups is 1. The van der Waals surface area contributed by atoms with Gasteiger partial charge in [0.05, 0.1) is 11.1 Å². The largest absolute Gasteiger partial charge is 0.376 e. The van der Waals surface area contributed by atoms with Gasteiger partial charge in [0.15, 0.2) is 0 Å². The smallest absolute Gasteiger partial charge is 0.319 e. The highest BCUT2D eigenvalue weighted by Gasteiger charge is 2.16. The molecule has 1 atom stereocenters. The van der Waals surface area contributed by atoms with Crippen LogP contribution in [0.2, 0.25) is 0 Å². The maximum atomic E-state index is 12.0. The summed E-state index contributed by atoms with van der Waals surface area (Å²) in [4.78, 5) is 16.3. The monoisotopic (exact) mass is 343 g/mol. The molecule has 0 saturated carbocycles. The number of nitrogens with zero attached hydrogens (tertiary/aromatic N) is 1. The molecule has 1 aliphatic rings. The Morgan fingerprint density at radius 3 is 3.04 bits per heavy atom. The first kappa shape index (κ1) is 16.8. The molecule has 2 N–H and O–H groups in total. The first-order valence-corrected chi connectivity index (χ1v) is 9.07. The summed E-state index contributed by atoms with van der Waals surface area (Å²) in [5.74, 6) is 0.810. The number of amides is 2. The number of aromatic nitrogens is 1. The van der Waals surface area contributed by atoms with Crippen molar-refractivity contribution in [1.82, 2.24) is 10.3 Å². The Balaban J connectivity index is 1.48. The van der Waals surface area contributed by atoms with Crippen LogP contribution in [-0.4, -0.2) is 30.3 Å². The lowest BCUT2D eigenvalue weighted by Gasteiger charge is -2.12. The van der Waals surface area contributed by atoms with Crippen LogP contribution in [0.4, 0.5) is 10.5 Å². The van der Waals surface area contributed by atoms with Gasteiger partial charge >= 0.3 is 6.03 Å². The number of benzene rings is 1. The summed E-state index contributed by atoms with van der Waals surface area (Å²) in [6.45, 7) is 1.35. The summed E-state index contributed by atoms with van der Waals surface area (Å²) in [5.41, 5.74) is 1.93. The van der Waals surface area contributed by atoms with Crippen molar-refractivity contribution in [2.45, 2.75) is 29.7 Å². The predicted molar refractivity (Wildman–Crippen MR) is 96.2 cm³/mol. The molecule has 3 rings (SSSR count). The van der Waals surface area contributed by atoms with E-state index < -0.39 is 0 Å². The molecular formula is C18H21N3O2S. The van der Waals surface area contributed by atoms with Gasteiger partial charge in [-0.25, -0.2) is 9.78 Å². The highest BCUT2D eigenvalue weighted by molar-refractivity contribution is 7.98. The SMILES string of the molecule is O=C(NC[C@@H]1CCCO1)Nc1cccc(CSc2ccccn2)c1. The first-order valence-electron chi connectivity index (χ1n) is 8.09. The minimum atomic E-state index is -0.194. The van der Waals surface area contributed by atoms with Gasteiger partial charge in [0.25, 0.3) is 0 Å². The van der Waals surface area contributed by atoms with Crippen LogP contribution in [-0.2, 0) is 10.5 Å². The molecule has 126 valence electrons. The Morgan fingerprint density at radius 1 is 1.29 bits per heavy atom. The van der Waals surface area contributed by atoms with Gasteiger partial charge < -0.3 is 15.4 Å². The number of hydrogen-bond acceptors (Lipinski definition) is 4. The van der Waals surface area contributed by atoms with Gasteiger partial charge in [-0.2, -0.15) is 0 Å². The van der Waals surface area contributed by atoms with Gasteiger partial charge in [0.2, 0.25) is 0 Å². The van der Waals surface area contributed by atoms with E-state index in [0.29, 0.717) is 6.54 Å². The molecule has 6 heteroatoms. The fourth-order valence-electron chi connectivity index (χ4n) is 2.52. The van der Waals surface area contributed by atoms with Gasteiger partial charge in [-0.3, -0.25) is 0 Å². The minimum Gasteiger partial charge on any atom is -0.376 e. The molecule has 2 amide bonds. The Labute approximate surface area is 146 Å². The third-order valence-electron chi connectivity index (χ3n) is 3.72. The number of rotatable bonds is 6. The van der Waals surface area contributed by atoms with Crippen molar-refractivity contribution in [3.05, 3.63) is 54.2 Å². The van der Waals surface area contributed by atoms with E-state index in [4.69, 9.17) is 4.74 Å². The normalized spacial score (nSPS) is 16.8. The van der Waals surface area contributed by atoms with Crippen molar-refractivity contribution in [3.63, 3.8) is 0 Å². The van der Waals surface area contributed by atoms with E-state index in [1.54, 1.807) is 18.0 Å². The molecule has 1 aliphatic heterocycles. The van der Waals surface area contributed by atoms with Crippen LogP contribution in [0.15, 0.2) is 53.7 Å². The average molecular weight is 343 g/mol. The van der Waals surface area contributed by atoms with E-state index in [9.17, 15) is 4.79 Å². The minimum absolute atomic E-state index is 0.150. The van der Waals surface area contributed by atoms with E-state index in [1.807, 2.05) is 42.5 Å². The Kier molecular flexibility index (Phi) is 6.09. The van der Waals surface area contributed by atoms with Crippen LogP contribution in [0.5, 0.6) is 0 Å². The molecule has 24 heavy (non-hydrogen) atoms. The number of nitrogens with one attached hydrogen (secondary N) is 2. The van der Waals surface area contributed by atoms with Gasteiger partial charge in [-0.15, -0.1) is 11.8 Å². The topological polar surface area (TPSA) is 63.2 Å². The molecule has 0 radical (unpaired) electrons. The molecule has 0 aliphatic carbocycles. The fraction of sp³-hybridized carbons (Fsp3) is 0.333. The van der Waals surface area contributed by atoms with Crippen molar-refractivity contribution in [2.24, 2.45) is 0 Å². The van der Waals surface area contributed by atoms with Gasteiger partial charge in [0, 0.05) is 30.8 Å². The highest BCUT2D eigenvalue weighted by atomic mass is 32.2. The van der Waals surface area contributed by atoms with Crippen molar-refractivity contribution in [1.29, 1.82) is 0 Å². The third-order valence-corrected chi connectivity index (χ3v) is 4.74. The summed E-state index contributed by atoms with van der Waals surface area (Å²) in [6, 6.07) is 13.6. The standard InChI is InChI=1S/C18H21N3O2S/c22-18(20-12-16-7-4-10-23-16)21-15-6-3-5-14(11-15)13-24-17-8-1-2-9-19-17/h1-3,5-6,8-9,11,16H,4,7,10,12-13H2,(H2,20,21,22)/t16-/m0/s1. The van der Waals surface area contributed by atoms with Crippen LogP contribution < -0.4 is 10.6 Å². The summed E-state index contributed by atoms with van der Waals surface area (Å²) < 4.78 is 5.50. The first-order chi connectivity index (χ1) is 11.8. The lowest BCUT2D eigenvalue weighted by atomic mass is 10.2. The van der Waals surface area contributed by atoms with Gasteiger partial charge in [0.1, 0.15) is 0 Å². The lowest BCUT2D eigenvalue weighted by Crippen LogP contribution is -2.35. The molecule has 0 unspecified atom stereocenters. The van der Waals surface area contributed by atoms with E-state index in [-0.39, 0.29) is 12.1 Å². The predicted octanol–water partition coefficient (Wildman–Crippen LogP) is 3.67. The van der Waals surface area contributed by atoms with Gasteiger partial charge in [-0.1, -0.05) is 18.2 Å². The summed E-state index contributed by atoms with van der Waals surface area (Å²) in [5, 5.41) is 6.72. The number of pyridine rings is 1. The molecular weight excluding hydrogens is 322 g/mol. The second kappa shape index (κ2) is 8.70. The number of anilines is 1. The molecule has 0 bridgehead atoms. The van der Waals surface area contributed by atoms with Crippen LogP contribution >= 0.6 is 11.8 Å². The molecule has 1 aromatic heterocycles. The van der Waals surface area contributed by atoms with Crippen molar-refractivity contribution in [2.75, 3.05) is 18.5 Å². The lowest BCUT2D eigenvalue weighted by molar-refractivity contribution is 0.112. The van der Waals surface area contributed by atoms with Crippen molar-refractivity contribution >= 4 is 23.5 Å². The second-order valence-electron chi connectivity index (χ2n) is 5.63. The van der Waals surface area contributed by atoms with E-state index in [0.717, 1.165) is 41.5 Å². The number of carbonyl (C=O) groups is 1. The van der Waals surface area contributed by atoms with Gasteiger partial charge in [-0.05, 0) is 42.7 Å². The number of carbonyl (C=O) groups excluding carboxylic acids is 1. The number of ether oxygens (including phenoxy) is 1. The van der Waals surface area contributed by atoms with Crippen LogP contribution in [0.3, 0.4) is 0 Å². The van der Waals surface area contributed by atoms with E-state index >= 15 is 0 Å². The molecule has 1 aromatic carbocycles. The number of thioether (sulfide) groups is 1. The number of hydrogen-bond donors (Lipinski definition) is 2. The highest BCUT2D eigenvalue weighted by Crippen LogP contribution is 2.22. The Morgan fingerprint density at radius 2 is 2.25 bits per heavy atom. The second-order valence-corrected chi connectivity index (χ2v) is 6.62. The summed E-state index contributed by atoms with van der Waals surface area (Å²) in [7, 11) is 0. The Bertz CT molecular complexity index is 660. The molecule has 5 nitrogen and oxygen atoms in total. The molecule has 2 heterocycles. The molecule has 1 fully saturated rings. The molecule has 2 aromatic rings. The Hall–Kier alpha value is -2.05. The maximum absolute atomic E-state index is 12.0. The third kappa shape index (κ3) is 5.25. The van der Waals surface area contributed by atoms with Crippen LogP contribution in [0.1, 0.15) is 18.4 Å². The zero-order chi connectivity index (χ0) is 16.6.